The molecule has 0 heterocycles. The highest BCUT2D eigenvalue weighted by molar-refractivity contribution is 14.1. The Morgan fingerprint density at radius 1 is 1.20 bits per heavy atom. The van der Waals surface area contributed by atoms with Gasteiger partial charge in [0.1, 0.15) is 22.8 Å². The van der Waals surface area contributed by atoms with E-state index in [0.717, 1.165) is 0 Å². The summed E-state index contributed by atoms with van der Waals surface area (Å²) in [5.41, 5.74) is -4.43. The van der Waals surface area contributed by atoms with Crippen LogP contribution in [0.4, 0.5) is 13.2 Å². The molecule has 0 amide bonds. The SMILES string of the molecule is Cc1c(Oc2cc(I)c(SC(F)(F)F)c(I)c2)ccc(C(=O)O)c1O. The van der Waals surface area contributed by atoms with Gasteiger partial charge in [0.2, 0.25) is 0 Å². The molecule has 10 heteroatoms. The number of thioether (sulfide) groups is 1. The Balaban J connectivity index is 2.36. The predicted molar refractivity (Wildman–Crippen MR) is 104 cm³/mol. The minimum absolute atomic E-state index is 0.0850. The number of halogens is 5. The van der Waals surface area contributed by atoms with Gasteiger partial charge in [-0.1, -0.05) is 0 Å². The zero-order valence-corrected chi connectivity index (χ0v) is 17.4. The number of ether oxygens (including phenoxy) is 1. The molecule has 0 aliphatic rings. The van der Waals surface area contributed by atoms with Crippen molar-refractivity contribution < 1.29 is 32.9 Å². The predicted octanol–water partition coefficient (Wildman–Crippen LogP) is 6.01. The van der Waals surface area contributed by atoms with Crippen molar-refractivity contribution in [3.8, 4) is 17.2 Å². The Morgan fingerprint density at radius 2 is 1.76 bits per heavy atom. The third kappa shape index (κ3) is 5.06. The zero-order valence-electron chi connectivity index (χ0n) is 12.3. The Kier molecular flexibility index (Phi) is 6.35. The van der Waals surface area contributed by atoms with Gasteiger partial charge >= 0.3 is 11.5 Å². The third-order valence-corrected chi connectivity index (χ3v) is 6.34. The molecule has 0 unspecified atom stereocenters. The molecule has 25 heavy (non-hydrogen) atoms. The summed E-state index contributed by atoms with van der Waals surface area (Å²) in [4.78, 5) is 11.1. The summed E-state index contributed by atoms with van der Waals surface area (Å²) in [6.45, 7) is 1.49. The zero-order chi connectivity index (χ0) is 18.9. The first-order valence-corrected chi connectivity index (χ1v) is 9.45. The van der Waals surface area contributed by atoms with Crippen LogP contribution in [0.25, 0.3) is 0 Å². The van der Waals surface area contributed by atoms with E-state index in [1.165, 1.54) is 31.2 Å². The number of alkyl halides is 3. The van der Waals surface area contributed by atoms with Crippen LogP contribution >= 0.6 is 56.9 Å². The first-order valence-electron chi connectivity index (χ1n) is 6.48. The van der Waals surface area contributed by atoms with Crippen LogP contribution < -0.4 is 4.74 Å². The van der Waals surface area contributed by atoms with Crippen molar-refractivity contribution in [2.75, 3.05) is 0 Å². The summed E-state index contributed by atoms with van der Waals surface area (Å²) < 4.78 is 44.1. The van der Waals surface area contributed by atoms with E-state index in [2.05, 4.69) is 0 Å². The number of rotatable bonds is 4. The first-order chi connectivity index (χ1) is 11.5. The molecule has 2 aromatic carbocycles. The molecule has 134 valence electrons. The summed E-state index contributed by atoms with van der Waals surface area (Å²) >= 11 is 3.39. The third-order valence-electron chi connectivity index (χ3n) is 3.03. The van der Waals surface area contributed by atoms with E-state index in [0.29, 0.717) is 7.14 Å². The molecular formula is C15H9F3I2O4S. The summed E-state index contributed by atoms with van der Waals surface area (Å²) in [5, 5.41) is 18.9. The lowest BCUT2D eigenvalue weighted by molar-refractivity contribution is -0.0328. The lowest BCUT2D eigenvalue weighted by atomic mass is 10.1. The van der Waals surface area contributed by atoms with Gasteiger partial charge in [0.15, 0.2) is 0 Å². The molecule has 0 bridgehead atoms. The molecular weight excluding hydrogens is 587 g/mol. The number of carboxylic acid groups (broad SMARTS) is 1. The number of hydrogen-bond donors (Lipinski definition) is 2. The smallest absolute Gasteiger partial charge is 0.446 e. The Morgan fingerprint density at radius 3 is 2.24 bits per heavy atom. The van der Waals surface area contributed by atoms with Crippen molar-refractivity contribution >= 4 is 62.9 Å². The quantitative estimate of drug-likeness (QED) is 0.335. The first kappa shape index (κ1) is 20.4. The standard InChI is InChI=1S/C15H9F3I2O4S/c1-6-11(3-2-8(12(6)21)14(22)23)24-7-4-9(19)13(10(20)5-7)25-15(16,17)18/h2-5,21H,1H3,(H,22,23). The number of aromatic hydroxyl groups is 1. The summed E-state index contributed by atoms with van der Waals surface area (Å²) in [6, 6.07) is 5.47. The summed E-state index contributed by atoms with van der Waals surface area (Å²) in [6.07, 6.45) is 0. The molecule has 4 nitrogen and oxygen atoms in total. The summed E-state index contributed by atoms with van der Waals surface area (Å²) in [7, 11) is 0. The maximum Gasteiger partial charge on any atom is 0.446 e. The number of carbonyl (C=O) groups is 1. The highest BCUT2D eigenvalue weighted by atomic mass is 127. The van der Waals surface area contributed by atoms with E-state index in [4.69, 9.17) is 9.84 Å². The van der Waals surface area contributed by atoms with Crippen molar-refractivity contribution in [2.24, 2.45) is 0 Å². The fourth-order valence-electron chi connectivity index (χ4n) is 1.90. The van der Waals surface area contributed by atoms with E-state index in [1.807, 2.05) is 0 Å². The van der Waals surface area contributed by atoms with Crippen LogP contribution in [0, 0.1) is 14.1 Å². The molecule has 0 radical (unpaired) electrons. The second kappa shape index (κ2) is 7.78. The van der Waals surface area contributed by atoms with Gasteiger partial charge in [0.05, 0.1) is 0 Å². The number of benzene rings is 2. The van der Waals surface area contributed by atoms with Gasteiger partial charge in [0.25, 0.3) is 0 Å². The lowest BCUT2D eigenvalue weighted by Crippen LogP contribution is -2.02. The highest BCUT2D eigenvalue weighted by Gasteiger charge is 2.31. The highest BCUT2D eigenvalue weighted by Crippen LogP contribution is 2.43. The average molecular weight is 596 g/mol. The van der Waals surface area contributed by atoms with Crippen LogP contribution in [0.15, 0.2) is 29.2 Å². The van der Waals surface area contributed by atoms with Crippen LogP contribution in [0.1, 0.15) is 15.9 Å². The normalized spacial score (nSPS) is 11.4. The molecule has 0 aromatic heterocycles. The topological polar surface area (TPSA) is 66.8 Å². The van der Waals surface area contributed by atoms with E-state index in [-0.39, 0.29) is 39.3 Å². The number of carboxylic acids is 1. The maximum atomic E-state index is 12.6. The second-order valence-electron chi connectivity index (χ2n) is 4.76. The van der Waals surface area contributed by atoms with Crippen LogP contribution in [-0.4, -0.2) is 21.7 Å². The molecule has 0 fully saturated rings. The molecule has 2 aromatic rings. The number of hydrogen-bond acceptors (Lipinski definition) is 4. The molecule has 0 spiro atoms. The Labute approximate surface area is 172 Å². The number of phenols is 1. The molecule has 0 aliphatic carbocycles. The van der Waals surface area contributed by atoms with Crippen LogP contribution in [-0.2, 0) is 0 Å². The van der Waals surface area contributed by atoms with E-state index < -0.39 is 17.2 Å². The molecule has 0 aliphatic heterocycles. The minimum atomic E-state index is -4.39. The summed E-state index contributed by atoms with van der Waals surface area (Å²) in [5.74, 6) is -1.19. The average Bonchev–Trinajstić information content (AvgIpc) is 2.46. The van der Waals surface area contributed by atoms with Gasteiger partial charge in [-0.05, 0) is 88.1 Å². The maximum absolute atomic E-state index is 12.6. The van der Waals surface area contributed by atoms with Gasteiger partial charge in [-0.15, -0.1) is 0 Å². The Bertz CT molecular complexity index is 817. The van der Waals surface area contributed by atoms with Crippen LogP contribution in [0.5, 0.6) is 17.2 Å². The van der Waals surface area contributed by atoms with Crippen molar-refractivity contribution in [3.05, 3.63) is 42.5 Å². The van der Waals surface area contributed by atoms with E-state index >= 15 is 0 Å². The molecule has 0 atom stereocenters. The van der Waals surface area contributed by atoms with Gasteiger partial charge < -0.3 is 14.9 Å². The van der Waals surface area contributed by atoms with Gasteiger partial charge in [-0.3, -0.25) is 0 Å². The molecule has 2 N–H and O–H groups in total. The Hall–Kier alpha value is -0.890. The van der Waals surface area contributed by atoms with E-state index in [9.17, 15) is 23.1 Å². The van der Waals surface area contributed by atoms with Gasteiger partial charge in [0, 0.05) is 17.6 Å². The second-order valence-corrected chi connectivity index (χ2v) is 8.16. The van der Waals surface area contributed by atoms with E-state index in [1.54, 1.807) is 45.2 Å². The molecule has 2 rings (SSSR count). The van der Waals surface area contributed by atoms with Crippen molar-refractivity contribution in [1.29, 1.82) is 0 Å². The van der Waals surface area contributed by atoms with Crippen molar-refractivity contribution in [1.82, 2.24) is 0 Å². The monoisotopic (exact) mass is 596 g/mol. The minimum Gasteiger partial charge on any atom is -0.507 e. The fraction of sp³-hybridized carbons (Fsp3) is 0.133. The molecule has 0 saturated carbocycles. The fourth-order valence-corrected chi connectivity index (χ4v) is 4.82. The van der Waals surface area contributed by atoms with Crippen LogP contribution in [0.2, 0.25) is 0 Å². The van der Waals surface area contributed by atoms with Crippen molar-refractivity contribution in [3.63, 3.8) is 0 Å². The van der Waals surface area contributed by atoms with Crippen LogP contribution in [0.3, 0.4) is 0 Å². The number of aromatic carboxylic acids is 1. The lowest BCUT2D eigenvalue weighted by Gasteiger charge is -2.14. The largest absolute Gasteiger partial charge is 0.507 e. The van der Waals surface area contributed by atoms with Crippen molar-refractivity contribution in [2.45, 2.75) is 17.3 Å². The van der Waals surface area contributed by atoms with Gasteiger partial charge in [-0.25, -0.2) is 4.79 Å². The van der Waals surface area contributed by atoms with Gasteiger partial charge in [-0.2, -0.15) is 13.2 Å². The molecule has 0 saturated heterocycles.